The van der Waals surface area contributed by atoms with Crippen LogP contribution in [0, 0.1) is 0 Å². The van der Waals surface area contributed by atoms with Gasteiger partial charge < -0.3 is 11.5 Å². The van der Waals surface area contributed by atoms with E-state index >= 15 is 0 Å². The molecule has 0 unspecified atom stereocenters. The average molecular weight is 443 g/mol. The number of hydrogen-bond acceptors (Lipinski definition) is 9. The van der Waals surface area contributed by atoms with Crippen LogP contribution in [0.25, 0.3) is 17.0 Å². The van der Waals surface area contributed by atoms with Crippen molar-refractivity contribution in [2.75, 3.05) is 13.1 Å². The molecule has 158 valence electrons. The van der Waals surface area contributed by atoms with Crippen molar-refractivity contribution in [2.45, 2.75) is 35.1 Å². The van der Waals surface area contributed by atoms with E-state index in [0.717, 1.165) is 18.4 Å². The van der Waals surface area contributed by atoms with Crippen molar-refractivity contribution in [1.29, 1.82) is 0 Å². The summed E-state index contributed by atoms with van der Waals surface area (Å²) in [5.41, 5.74) is 12.5. The number of tetrazole rings is 1. The number of allylic oxidation sites excluding steroid dienone is 1. The van der Waals surface area contributed by atoms with Crippen molar-refractivity contribution in [1.82, 2.24) is 25.3 Å². The number of aromatic nitrogens is 4. The van der Waals surface area contributed by atoms with E-state index in [9.17, 15) is 16.8 Å². The molecule has 1 aliphatic carbocycles. The van der Waals surface area contributed by atoms with Gasteiger partial charge in [-0.05, 0) is 41.7 Å². The average Bonchev–Trinajstić information content (AvgIpc) is 3.19. The highest BCUT2D eigenvalue weighted by molar-refractivity contribution is 7.92. The van der Waals surface area contributed by atoms with E-state index in [1.165, 1.54) is 12.1 Å². The molecule has 14 heteroatoms. The van der Waals surface area contributed by atoms with Crippen LogP contribution in [-0.4, -0.2) is 56.6 Å². The van der Waals surface area contributed by atoms with E-state index < -0.39 is 29.8 Å². The van der Waals surface area contributed by atoms with Crippen LogP contribution in [0.15, 0.2) is 28.0 Å². The first-order valence-electron chi connectivity index (χ1n) is 8.75. The van der Waals surface area contributed by atoms with Gasteiger partial charge in [-0.25, -0.2) is 26.7 Å². The van der Waals surface area contributed by atoms with Gasteiger partial charge in [0.2, 0.25) is 25.9 Å². The number of hydrogen-bond donors (Lipinski definition) is 5. The van der Waals surface area contributed by atoms with Gasteiger partial charge in [-0.1, -0.05) is 12.1 Å². The minimum Gasteiger partial charge on any atom is -0.329 e. The number of nitrogens with zero attached hydrogens (tertiary/aromatic N) is 3. The number of H-pyrrole nitrogens is 1. The molecule has 0 amide bonds. The van der Waals surface area contributed by atoms with Gasteiger partial charge in [0.1, 0.15) is 9.79 Å². The maximum absolute atomic E-state index is 12.7. The highest BCUT2D eigenvalue weighted by Crippen LogP contribution is 2.39. The highest BCUT2D eigenvalue weighted by atomic mass is 32.2. The van der Waals surface area contributed by atoms with Gasteiger partial charge >= 0.3 is 0 Å². The predicted octanol–water partition coefficient (Wildman–Crippen LogP) is -1.35. The summed E-state index contributed by atoms with van der Waals surface area (Å²) in [6.07, 6.45) is 4.02. The van der Waals surface area contributed by atoms with Crippen LogP contribution < -0.4 is 21.3 Å². The van der Waals surface area contributed by atoms with Crippen LogP contribution in [0.4, 0.5) is 0 Å². The van der Waals surface area contributed by atoms with Gasteiger partial charge in [0.25, 0.3) is 0 Å². The monoisotopic (exact) mass is 442 g/mol. The van der Waals surface area contributed by atoms with Crippen molar-refractivity contribution >= 4 is 25.6 Å². The summed E-state index contributed by atoms with van der Waals surface area (Å²) in [5.74, 6) is -0.0973. The van der Waals surface area contributed by atoms with Gasteiger partial charge in [0.15, 0.2) is 0 Å². The fourth-order valence-electron chi connectivity index (χ4n) is 3.26. The zero-order valence-electron chi connectivity index (χ0n) is 15.4. The summed E-state index contributed by atoms with van der Waals surface area (Å²) in [7, 11) is -8.73. The maximum Gasteiger partial charge on any atom is 0.241 e. The number of sulfonamides is 2. The number of nitrogens with one attached hydrogen (secondary N) is 2. The molecule has 1 atom stereocenters. The molecule has 8 N–H and O–H groups in total. The third-order valence-electron chi connectivity index (χ3n) is 4.45. The van der Waals surface area contributed by atoms with E-state index in [1.807, 2.05) is 6.08 Å². The van der Waals surface area contributed by atoms with Gasteiger partial charge in [0.05, 0.1) is 5.56 Å². The Kier molecular flexibility index (Phi) is 6.11. The fraction of sp³-hybridized carbons (Fsp3) is 0.400. The van der Waals surface area contributed by atoms with Crippen molar-refractivity contribution in [3.8, 4) is 11.4 Å². The normalized spacial score (nSPS) is 17.9. The lowest BCUT2D eigenvalue weighted by atomic mass is 9.88. The van der Waals surface area contributed by atoms with E-state index in [0.29, 0.717) is 12.0 Å². The molecule has 0 bridgehead atoms. The molecule has 0 radical (unpaired) electrons. The first kappa shape index (κ1) is 21.5. The molecule has 0 aliphatic heterocycles. The minimum absolute atomic E-state index is 0.0322. The lowest BCUT2D eigenvalue weighted by molar-refractivity contribution is 0.574. The Hall–Kier alpha value is -2.23. The molecule has 12 nitrogen and oxygen atoms in total. The Labute approximate surface area is 168 Å². The van der Waals surface area contributed by atoms with Crippen molar-refractivity contribution in [3.63, 3.8) is 0 Å². The zero-order chi connectivity index (χ0) is 21.2. The largest absolute Gasteiger partial charge is 0.329 e. The third-order valence-corrected chi connectivity index (χ3v) is 7.07. The van der Waals surface area contributed by atoms with Gasteiger partial charge in [-0.3, -0.25) is 0 Å². The predicted molar refractivity (Wildman–Crippen MR) is 105 cm³/mol. The molecule has 29 heavy (non-hydrogen) atoms. The van der Waals surface area contributed by atoms with Gasteiger partial charge in [-0.15, -0.1) is 10.2 Å². The van der Waals surface area contributed by atoms with Crippen molar-refractivity contribution in [2.24, 2.45) is 16.6 Å². The van der Waals surface area contributed by atoms with Crippen LogP contribution in [0.5, 0.6) is 0 Å². The Balaban J connectivity index is 2.37. The van der Waals surface area contributed by atoms with Crippen molar-refractivity contribution in [3.05, 3.63) is 23.8 Å². The summed E-state index contributed by atoms with van der Waals surface area (Å²) in [4.78, 5) is -1.13. The molecule has 0 saturated carbocycles. The first-order valence-corrected chi connectivity index (χ1v) is 11.8. The molecule has 1 aromatic heterocycles. The maximum atomic E-state index is 12.7. The summed E-state index contributed by atoms with van der Waals surface area (Å²) in [5, 5.41) is 18.9. The summed E-state index contributed by atoms with van der Waals surface area (Å²) < 4.78 is 52.8. The molecule has 0 fully saturated rings. The molecular formula is C15H22N8O4S2. The second-order valence-electron chi connectivity index (χ2n) is 6.53. The van der Waals surface area contributed by atoms with E-state index in [1.54, 1.807) is 0 Å². The lowest BCUT2D eigenvalue weighted by Gasteiger charge is -2.22. The van der Waals surface area contributed by atoms with Crippen LogP contribution in [0.3, 0.4) is 0 Å². The van der Waals surface area contributed by atoms with Crippen LogP contribution in [-0.2, 0) is 20.0 Å². The molecule has 1 aliphatic rings. The van der Waals surface area contributed by atoms with Gasteiger partial charge in [-0.2, -0.15) is 5.21 Å². The molecule has 3 rings (SSSR count). The molecular weight excluding hydrogens is 420 g/mol. The Morgan fingerprint density at radius 1 is 1.24 bits per heavy atom. The number of rotatable bonds is 7. The number of aromatic amines is 1. The SMILES string of the molecule is NCCNS(=O)(=O)c1ccc(C2=C[C@H](N)CCC2)c(-c2nn[nH]n2)c1S(N)(=O)=O. The highest BCUT2D eigenvalue weighted by Gasteiger charge is 2.32. The number of primary sulfonamides is 1. The molecule has 0 saturated heterocycles. The van der Waals surface area contributed by atoms with E-state index in [-0.39, 0.29) is 30.5 Å². The van der Waals surface area contributed by atoms with E-state index in [4.69, 9.17) is 16.6 Å². The summed E-state index contributed by atoms with van der Waals surface area (Å²) >= 11 is 0. The third kappa shape index (κ3) is 4.52. The van der Waals surface area contributed by atoms with Crippen LogP contribution in [0.1, 0.15) is 24.8 Å². The number of nitrogens with two attached hydrogens (primary N) is 3. The lowest BCUT2D eigenvalue weighted by Crippen LogP contribution is -2.31. The Morgan fingerprint density at radius 2 is 2.00 bits per heavy atom. The standard InChI is InChI=1S/C15H22N8O4S2/c16-6-7-19-29(26,27)12-5-4-11(9-2-1-3-10(17)8-9)13(14(12)28(18,24)25)15-20-22-23-21-15/h4-5,8,10,19H,1-3,6-7,16-17H2,(H2,18,24,25)(H,20,21,22,23)/t10-/m1/s1. The topological polar surface area (TPSA) is 213 Å². The van der Waals surface area contributed by atoms with Crippen LogP contribution in [0.2, 0.25) is 0 Å². The van der Waals surface area contributed by atoms with Gasteiger partial charge in [0, 0.05) is 19.1 Å². The zero-order valence-corrected chi connectivity index (χ0v) is 17.0. The molecule has 0 spiro atoms. The molecule has 2 aromatic rings. The summed E-state index contributed by atoms with van der Waals surface area (Å²) in [6.45, 7) is -0.0454. The van der Waals surface area contributed by atoms with E-state index in [2.05, 4.69) is 25.3 Å². The second-order valence-corrected chi connectivity index (χ2v) is 9.76. The summed E-state index contributed by atoms with van der Waals surface area (Å²) in [6, 6.07) is 2.49. The Bertz CT molecular complexity index is 1130. The number of benzene rings is 1. The molecule has 1 heterocycles. The minimum atomic E-state index is -4.50. The molecule has 1 aromatic carbocycles. The Morgan fingerprint density at radius 3 is 2.59 bits per heavy atom. The smallest absolute Gasteiger partial charge is 0.241 e. The quantitative estimate of drug-likeness (QED) is 0.342. The first-order chi connectivity index (χ1) is 13.6. The fourth-order valence-corrected chi connectivity index (χ4v) is 5.91. The van der Waals surface area contributed by atoms with Crippen LogP contribution >= 0.6 is 0 Å². The van der Waals surface area contributed by atoms with Crippen molar-refractivity contribution < 1.29 is 16.8 Å². The second kappa shape index (κ2) is 8.25.